The molecule has 0 radical (unpaired) electrons. The highest BCUT2D eigenvalue weighted by atomic mass is 32.1. The fourth-order valence-electron chi connectivity index (χ4n) is 2.24. The van der Waals surface area contributed by atoms with Crippen molar-refractivity contribution in [2.24, 2.45) is 9.98 Å². The van der Waals surface area contributed by atoms with Gasteiger partial charge in [0.05, 0.1) is 17.1 Å². The van der Waals surface area contributed by atoms with Crippen LogP contribution in [0.3, 0.4) is 0 Å². The lowest BCUT2D eigenvalue weighted by atomic mass is 10.1. The van der Waals surface area contributed by atoms with Gasteiger partial charge in [-0.25, -0.2) is 9.98 Å². The van der Waals surface area contributed by atoms with E-state index in [9.17, 15) is 13.2 Å². The largest absolute Gasteiger partial charge is 0.429 e. The predicted octanol–water partition coefficient (Wildman–Crippen LogP) is 5.52. The number of alkyl halides is 3. The van der Waals surface area contributed by atoms with E-state index < -0.39 is 11.9 Å². The first-order valence-corrected chi connectivity index (χ1v) is 7.60. The van der Waals surface area contributed by atoms with Gasteiger partial charge in [0, 0.05) is 11.3 Å². The zero-order valence-corrected chi connectivity index (χ0v) is 12.8. The van der Waals surface area contributed by atoms with Gasteiger partial charge in [0.25, 0.3) is 0 Å². The molecule has 0 N–H and O–H groups in total. The monoisotopic (exact) mass is 322 g/mol. The number of nitrogens with zero attached hydrogens (tertiary/aromatic N) is 2. The van der Waals surface area contributed by atoms with Gasteiger partial charge >= 0.3 is 6.18 Å². The quantitative estimate of drug-likeness (QED) is 0.660. The molecular weight excluding hydrogens is 309 g/mol. The number of rotatable bonds is 1. The van der Waals surface area contributed by atoms with Crippen LogP contribution in [0.5, 0.6) is 0 Å². The normalized spacial score (nSPS) is 15.0. The molecule has 0 atom stereocenters. The Labute approximate surface area is 130 Å². The lowest BCUT2D eigenvalue weighted by Crippen LogP contribution is -2.25. The van der Waals surface area contributed by atoms with Crippen molar-refractivity contribution in [1.82, 2.24) is 0 Å². The van der Waals surface area contributed by atoms with Gasteiger partial charge < -0.3 is 0 Å². The highest BCUT2D eigenvalue weighted by Crippen LogP contribution is 2.37. The Hall–Kier alpha value is -1.95. The summed E-state index contributed by atoms with van der Waals surface area (Å²) in [6.45, 7) is 3.77. The maximum Gasteiger partial charge on any atom is 0.429 e. The zero-order valence-electron chi connectivity index (χ0n) is 12.0. The van der Waals surface area contributed by atoms with Crippen LogP contribution in [0.1, 0.15) is 22.4 Å². The van der Waals surface area contributed by atoms with Crippen molar-refractivity contribution in [2.45, 2.75) is 26.4 Å². The standard InChI is InChI=1S/C16H13F3N2S/c1-9-6-11-12(7-10(9)2)21-15(16(17,18)19)8-13(20-11)14-4-3-5-22-14/h3-7H,8H2,1-2H3. The van der Waals surface area contributed by atoms with E-state index in [1.54, 1.807) is 24.3 Å². The first-order valence-electron chi connectivity index (χ1n) is 6.72. The molecule has 22 heavy (non-hydrogen) atoms. The smallest absolute Gasteiger partial charge is 0.249 e. The molecule has 0 amide bonds. The lowest BCUT2D eigenvalue weighted by molar-refractivity contribution is -0.0596. The second-order valence-electron chi connectivity index (χ2n) is 5.19. The Morgan fingerprint density at radius 2 is 1.68 bits per heavy atom. The molecule has 3 rings (SSSR count). The molecule has 2 nitrogen and oxygen atoms in total. The fraction of sp³-hybridized carbons (Fsp3) is 0.250. The van der Waals surface area contributed by atoms with Crippen LogP contribution in [-0.4, -0.2) is 17.6 Å². The lowest BCUT2D eigenvalue weighted by Gasteiger charge is -2.09. The van der Waals surface area contributed by atoms with E-state index in [-0.39, 0.29) is 12.1 Å². The van der Waals surface area contributed by atoms with Gasteiger partial charge in [-0.2, -0.15) is 13.2 Å². The van der Waals surface area contributed by atoms with E-state index in [2.05, 4.69) is 9.98 Å². The average Bonchev–Trinajstić information content (AvgIpc) is 2.88. The van der Waals surface area contributed by atoms with Gasteiger partial charge in [0.2, 0.25) is 0 Å². The third-order valence-corrected chi connectivity index (χ3v) is 4.49. The third kappa shape index (κ3) is 2.83. The van der Waals surface area contributed by atoms with Crippen molar-refractivity contribution in [2.75, 3.05) is 0 Å². The van der Waals surface area contributed by atoms with Gasteiger partial charge in [0.15, 0.2) is 0 Å². The molecule has 114 valence electrons. The second kappa shape index (κ2) is 5.35. The van der Waals surface area contributed by atoms with Crippen molar-refractivity contribution in [1.29, 1.82) is 0 Å². The molecule has 1 aliphatic rings. The van der Waals surface area contributed by atoms with Crippen LogP contribution in [0, 0.1) is 13.8 Å². The number of benzene rings is 1. The van der Waals surface area contributed by atoms with E-state index in [1.807, 2.05) is 19.2 Å². The molecule has 0 spiro atoms. The molecule has 2 aromatic rings. The average molecular weight is 322 g/mol. The highest BCUT2D eigenvalue weighted by molar-refractivity contribution is 7.12. The molecule has 0 aliphatic carbocycles. The molecule has 0 saturated heterocycles. The maximum atomic E-state index is 13.2. The van der Waals surface area contributed by atoms with Crippen molar-refractivity contribution < 1.29 is 13.2 Å². The number of fused-ring (bicyclic) bond motifs is 1. The van der Waals surface area contributed by atoms with E-state index in [1.165, 1.54) is 11.3 Å². The number of hydrogen-bond acceptors (Lipinski definition) is 3. The summed E-state index contributed by atoms with van der Waals surface area (Å²) >= 11 is 1.38. The Morgan fingerprint density at radius 1 is 1.05 bits per heavy atom. The van der Waals surface area contributed by atoms with E-state index in [0.717, 1.165) is 16.0 Å². The molecule has 2 heterocycles. The molecule has 0 unspecified atom stereocenters. The summed E-state index contributed by atoms with van der Waals surface area (Å²) < 4.78 is 39.7. The summed E-state index contributed by atoms with van der Waals surface area (Å²) in [4.78, 5) is 9.05. The van der Waals surface area contributed by atoms with Crippen LogP contribution >= 0.6 is 11.3 Å². The minimum absolute atomic E-state index is 0.280. The zero-order chi connectivity index (χ0) is 15.9. The van der Waals surface area contributed by atoms with Crippen molar-refractivity contribution in [3.63, 3.8) is 0 Å². The topological polar surface area (TPSA) is 24.7 Å². The summed E-state index contributed by atoms with van der Waals surface area (Å²) in [6, 6.07) is 7.04. The van der Waals surface area contributed by atoms with Gasteiger partial charge in [-0.3, -0.25) is 0 Å². The molecule has 0 bridgehead atoms. The fourth-order valence-corrected chi connectivity index (χ4v) is 2.96. The van der Waals surface area contributed by atoms with Crippen molar-refractivity contribution >= 4 is 34.1 Å². The van der Waals surface area contributed by atoms with Gasteiger partial charge in [-0.15, -0.1) is 11.3 Å². The van der Waals surface area contributed by atoms with Gasteiger partial charge in [0.1, 0.15) is 5.71 Å². The first kappa shape index (κ1) is 15.0. The minimum Gasteiger partial charge on any atom is -0.249 e. The molecule has 0 fully saturated rings. The number of thiophene rings is 1. The van der Waals surface area contributed by atoms with Crippen LogP contribution < -0.4 is 0 Å². The number of aliphatic imine (C=N–C) groups is 2. The minimum atomic E-state index is -4.46. The number of halogens is 3. The molecule has 0 saturated carbocycles. The maximum absolute atomic E-state index is 13.2. The van der Waals surface area contributed by atoms with Crippen molar-refractivity contribution in [3.8, 4) is 0 Å². The Balaban J connectivity index is 2.22. The summed E-state index contributed by atoms with van der Waals surface area (Å²) in [5.41, 5.74) is 2.26. The summed E-state index contributed by atoms with van der Waals surface area (Å²) in [7, 11) is 0. The van der Waals surface area contributed by atoms with Crippen LogP contribution in [0.4, 0.5) is 24.5 Å². The summed E-state index contributed by atoms with van der Waals surface area (Å²) in [5, 5.41) is 1.83. The first-order chi connectivity index (χ1) is 10.3. The summed E-state index contributed by atoms with van der Waals surface area (Å²) in [5.74, 6) is 0. The Morgan fingerprint density at radius 3 is 2.23 bits per heavy atom. The number of hydrogen-bond donors (Lipinski definition) is 0. The van der Waals surface area contributed by atoms with Gasteiger partial charge in [-0.1, -0.05) is 6.07 Å². The van der Waals surface area contributed by atoms with Gasteiger partial charge in [-0.05, 0) is 48.6 Å². The Kier molecular flexibility index (Phi) is 3.64. The molecule has 1 aromatic heterocycles. The third-order valence-electron chi connectivity index (χ3n) is 3.57. The van der Waals surface area contributed by atoms with Crippen LogP contribution in [0.2, 0.25) is 0 Å². The molecule has 1 aliphatic heterocycles. The molecule has 6 heteroatoms. The second-order valence-corrected chi connectivity index (χ2v) is 6.14. The van der Waals surface area contributed by atoms with Crippen LogP contribution in [-0.2, 0) is 0 Å². The molecule has 1 aromatic carbocycles. The van der Waals surface area contributed by atoms with E-state index in [4.69, 9.17) is 0 Å². The SMILES string of the molecule is Cc1cc2c(cc1C)N=C(C(F)(F)F)CC(c1cccs1)=N2. The Bertz CT molecular complexity index is 771. The van der Waals surface area contributed by atoms with Crippen molar-refractivity contribution in [3.05, 3.63) is 45.6 Å². The van der Waals surface area contributed by atoms with Crippen LogP contribution in [0.15, 0.2) is 39.6 Å². The van der Waals surface area contributed by atoms with E-state index >= 15 is 0 Å². The predicted molar refractivity (Wildman–Crippen MR) is 84.2 cm³/mol. The summed E-state index contributed by atoms with van der Waals surface area (Å²) in [6.07, 6.45) is -4.77. The van der Waals surface area contributed by atoms with E-state index in [0.29, 0.717) is 11.4 Å². The number of aryl methyl sites for hydroxylation is 2. The highest BCUT2D eigenvalue weighted by Gasteiger charge is 2.37. The van der Waals surface area contributed by atoms with Crippen LogP contribution in [0.25, 0.3) is 0 Å². The molecular formula is C16H13F3N2S.